The summed E-state index contributed by atoms with van der Waals surface area (Å²) in [6.45, 7) is 1.42. The van der Waals surface area contributed by atoms with E-state index in [2.05, 4.69) is 0 Å². The van der Waals surface area contributed by atoms with Crippen molar-refractivity contribution in [2.45, 2.75) is 37.3 Å². The van der Waals surface area contributed by atoms with Gasteiger partial charge in [-0.05, 0) is 72.2 Å². The smallest absolute Gasteiger partial charge is 0.224 e. The van der Waals surface area contributed by atoms with Gasteiger partial charge in [0, 0.05) is 6.26 Å². The fourth-order valence-electron chi connectivity index (χ4n) is 3.54. The number of benzene rings is 2. The predicted octanol–water partition coefficient (Wildman–Crippen LogP) is 5.65. The Morgan fingerprint density at radius 3 is 1.96 bits per heavy atom. The van der Waals surface area contributed by atoms with Crippen LogP contribution in [-0.2, 0) is 16.0 Å². The van der Waals surface area contributed by atoms with Crippen LogP contribution in [0.3, 0.4) is 0 Å². The minimum absolute atomic E-state index is 0.136. The van der Waals surface area contributed by atoms with Crippen LogP contribution < -0.4 is 0 Å². The predicted molar refractivity (Wildman–Crippen MR) is 96.4 cm³/mol. The molecule has 2 aromatic rings. The first kappa shape index (κ1) is 19.6. The number of hydrogen-bond donors (Lipinski definition) is 0. The summed E-state index contributed by atoms with van der Waals surface area (Å²) in [6.07, 6.45) is -1.32. The van der Waals surface area contributed by atoms with E-state index in [9.17, 15) is 26.0 Å². The highest BCUT2D eigenvalue weighted by molar-refractivity contribution is 7.90. The molecule has 0 radical (unpaired) electrons. The molecule has 2 nitrogen and oxygen atoms in total. The summed E-state index contributed by atoms with van der Waals surface area (Å²) in [5, 5.41) is 0. The molecule has 1 aliphatic carbocycles. The standard InChI is InChI=1S/C20H18F4O2S/c1-12-10-13(6-8-17(12)20(22,23)24)15-4-3-5-16(15)14-7-9-19(18(21)11-14)27(2,25)26/h6-11H,3-5H2,1-2H3. The SMILES string of the molecule is Cc1cc(C2=C(c3ccc(S(C)(=O)=O)c(F)c3)CCC2)ccc1C(F)(F)F. The van der Waals surface area contributed by atoms with Crippen molar-refractivity contribution < 1.29 is 26.0 Å². The van der Waals surface area contributed by atoms with E-state index in [4.69, 9.17) is 0 Å². The van der Waals surface area contributed by atoms with Gasteiger partial charge in [-0.25, -0.2) is 12.8 Å². The third-order valence-corrected chi connectivity index (χ3v) is 5.91. The Morgan fingerprint density at radius 2 is 1.48 bits per heavy atom. The maximum absolute atomic E-state index is 14.3. The number of rotatable bonds is 3. The van der Waals surface area contributed by atoms with Crippen LogP contribution >= 0.6 is 0 Å². The molecule has 0 aromatic heterocycles. The number of alkyl halides is 3. The van der Waals surface area contributed by atoms with E-state index in [1.165, 1.54) is 31.2 Å². The van der Waals surface area contributed by atoms with Crippen molar-refractivity contribution in [1.82, 2.24) is 0 Å². The largest absolute Gasteiger partial charge is 0.416 e. The number of aryl methyl sites for hydroxylation is 1. The molecule has 144 valence electrons. The maximum atomic E-state index is 14.3. The van der Waals surface area contributed by atoms with Gasteiger partial charge in [-0.2, -0.15) is 13.2 Å². The Morgan fingerprint density at radius 1 is 0.926 bits per heavy atom. The molecule has 3 rings (SSSR count). The Bertz CT molecular complexity index is 1030. The second kappa shape index (κ2) is 6.78. The molecule has 0 heterocycles. The number of halogens is 4. The van der Waals surface area contributed by atoms with Crippen LogP contribution in [-0.4, -0.2) is 14.7 Å². The lowest BCUT2D eigenvalue weighted by atomic mass is 9.94. The normalized spacial score (nSPS) is 15.5. The van der Waals surface area contributed by atoms with Crippen molar-refractivity contribution >= 4 is 21.0 Å². The van der Waals surface area contributed by atoms with Crippen molar-refractivity contribution in [3.05, 3.63) is 64.5 Å². The van der Waals surface area contributed by atoms with Crippen molar-refractivity contribution in [2.75, 3.05) is 6.26 Å². The number of allylic oxidation sites excluding steroid dienone is 2. The molecule has 0 atom stereocenters. The minimum Gasteiger partial charge on any atom is -0.224 e. The zero-order valence-electron chi connectivity index (χ0n) is 14.8. The third kappa shape index (κ3) is 3.93. The fraction of sp³-hybridized carbons (Fsp3) is 0.300. The molecule has 0 saturated carbocycles. The number of hydrogen-bond acceptors (Lipinski definition) is 2. The molecule has 0 aliphatic heterocycles. The molecule has 27 heavy (non-hydrogen) atoms. The summed E-state index contributed by atoms with van der Waals surface area (Å²) in [5.41, 5.74) is 2.42. The molecule has 0 N–H and O–H groups in total. The average Bonchev–Trinajstić information content (AvgIpc) is 3.01. The molecule has 2 aromatic carbocycles. The van der Waals surface area contributed by atoms with E-state index in [0.717, 1.165) is 29.9 Å². The Labute approximate surface area is 155 Å². The van der Waals surface area contributed by atoms with Gasteiger partial charge in [0.05, 0.1) is 5.56 Å². The summed E-state index contributed by atoms with van der Waals surface area (Å²) in [6, 6.07) is 8.00. The summed E-state index contributed by atoms with van der Waals surface area (Å²) in [4.78, 5) is -0.364. The number of sulfone groups is 1. The molecule has 0 amide bonds. The second-order valence-corrected chi connectivity index (χ2v) is 8.74. The molecule has 0 saturated heterocycles. The maximum Gasteiger partial charge on any atom is 0.416 e. The Balaban J connectivity index is 2.07. The molecular weight excluding hydrogens is 380 g/mol. The van der Waals surface area contributed by atoms with Crippen LogP contribution in [0.4, 0.5) is 17.6 Å². The molecule has 0 bridgehead atoms. The minimum atomic E-state index is -4.40. The van der Waals surface area contributed by atoms with Crippen LogP contribution in [0, 0.1) is 12.7 Å². The van der Waals surface area contributed by atoms with Gasteiger partial charge in [0.25, 0.3) is 0 Å². The lowest BCUT2D eigenvalue weighted by molar-refractivity contribution is -0.138. The molecule has 0 spiro atoms. The lowest BCUT2D eigenvalue weighted by Crippen LogP contribution is -2.07. The molecule has 1 aliphatic rings. The highest BCUT2D eigenvalue weighted by Gasteiger charge is 2.32. The second-order valence-electron chi connectivity index (χ2n) is 6.76. The fourth-order valence-corrected chi connectivity index (χ4v) is 4.27. The third-order valence-electron chi connectivity index (χ3n) is 4.78. The average molecular weight is 398 g/mol. The van der Waals surface area contributed by atoms with Gasteiger partial charge in [0.2, 0.25) is 0 Å². The zero-order valence-corrected chi connectivity index (χ0v) is 15.6. The topological polar surface area (TPSA) is 34.1 Å². The van der Waals surface area contributed by atoms with Gasteiger partial charge in [-0.3, -0.25) is 0 Å². The first-order valence-electron chi connectivity index (χ1n) is 8.38. The van der Waals surface area contributed by atoms with E-state index in [1.54, 1.807) is 6.07 Å². The Hall–Kier alpha value is -2.15. The summed E-state index contributed by atoms with van der Waals surface area (Å²) >= 11 is 0. The lowest BCUT2D eigenvalue weighted by Gasteiger charge is -2.14. The van der Waals surface area contributed by atoms with E-state index in [0.29, 0.717) is 24.0 Å². The highest BCUT2D eigenvalue weighted by atomic mass is 32.2. The van der Waals surface area contributed by atoms with Gasteiger partial charge in [-0.15, -0.1) is 0 Å². The van der Waals surface area contributed by atoms with Gasteiger partial charge >= 0.3 is 6.18 Å². The first-order chi connectivity index (χ1) is 12.5. The molecule has 7 heteroatoms. The van der Waals surface area contributed by atoms with Crippen LogP contribution in [0.5, 0.6) is 0 Å². The van der Waals surface area contributed by atoms with Crippen LogP contribution in [0.15, 0.2) is 41.3 Å². The van der Waals surface area contributed by atoms with Crippen molar-refractivity contribution in [3.8, 4) is 0 Å². The van der Waals surface area contributed by atoms with Crippen molar-refractivity contribution in [3.63, 3.8) is 0 Å². The van der Waals surface area contributed by atoms with E-state index >= 15 is 0 Å². The van der Waals surface area contributed by atoms with Crippen molar-refractivity contribution in [2.24, 2.45) is 0 Å². The van der Waals surface area contributed by atoms with E-state index in [-0.39, 0.29) is 10.5 Å². The Kier molecular flexibility index (Phi) is 4.93. The van der Waals surface area contributed by atoms with Gasteiger partial charge in [0.15, 0.2) is 9.84 Å². The zero-order chi connectivity index (χ0) is 20.0. The quantitative estimate of drug-likeness (QED) is 0.626. The van der Waals surface area contributed by atoms with Gasteiger partial charge < -0.3 is 0 Å². The van der Waals surface area contributed by atoms with Crippen LogP contribution in [0.2, 0.25) is 0 Å². The first-order valence-corrected chi connectivity index (χ1v) is 10.3. The van der Waals surface area contributed by atoms with E-state index in [1.807, 2.05) is 0 Å². The summed E-state index contributed by atoms with van der Waals surface area (Å²) < 4.78 is 76.3. The molecular formula is C20H18F4O2S. The van der Waals surface area contributed by atoms with E-state index < -0.39 is 27.4 Å². The highest BCUT2D eigenvalue weighted by Crippen LogP contribution is 2.41. The molecule has 0 fully saturated rings. The van der Waals surface area contributed by atoms with Crippen LogP contribution in [0.25, 0.3) is 11.1 Å². The van der Waals surface area contributed by atoms with Crippen LogP contribution in [0.1, 0.15) is 41.5 Å². The van der Waals surface area contributed by atoms with Gasteiger partial charge in [-0.1, -0.05) is 18.2 Å². The summed E-state index contributed by atoms with van der Waals surface area (Å²) in [7, 11) is -3.66. The summed E-state index contributed by atoms with van der Waals surface area (Å²) in [5.74, 6) is -0.822. The molecule has 0 unspecified atom stereocenters. The van der Waals surface area contributed by atoms with Gasteiger partial charge in [0.1, 0.15) is 10.7 Å². The van der Waals surface area contributed by atoms with Crippen molar-refractivity contribution in [1.29, 1.82) is 0 Å². The monoisotopic (exact) mass is 398 g/mol.